The number of nitrogens with one attached hydrogen (secondary N) is 3. The van der Waals surface area contributed by atoms with Gasteiger partial charge < -0.3 is 25.6 Å². The van der Waals surface area contributed by atoms with Gasteiger partial charge in [-0.15, -0.1) is 0 Å². The maximum atomic E-state index is 13.6. The van der Waals surface area contributed by atoms with Gasteiger partial charge in [0.15, 0.2) is 0 Å². The summed E-state index contributed by atoms with van der Waals surface area (Å²) in [6.45, 7) is 7.23. The number of benzene rings is 1. The minimum absolute atomic E-state index is 0.00722. The number of aromatic nitrogens is 3. The summed E-state index contributed by atoms with van der Waals surface area (Å²) in [5, 5.41) is 8.47. The van der Waals surface area contributed by atoms with Crippen LogP contribution in [0.15, 0.2) is 48.8 Å². The number of rotatable bonds is 8. The van der Waals surface area contributed by atoms with Gasteiger partial charge in [0.2, 0.25) is 5.95 Å². The second-order valence-electron chi connectivity index (χ2n) is 9.80. The summed E-state index contributed by atoms with van der Waals surface area (Å²) in [5.74, 6) is 0.277. The van der Waals surface area contributed by atoms with Gasteiger partial charge in [-0.25, -0.2) is 14.8 Å². The van der Waals surface area contributed by atoms with Gasteiger partial charge in [0.1, 0.15) is 22.8 Å². The molecule has 0 aliphatic carbocycles. The van der Waals surface area contributed by atoms with Gasteiger partial charge in [0, 0.05) is 44.3 Å². The van der Waals surface area contributed by atoms with Crippen molar-refractivity contribution in [3.63, 3.8) is 0 Å². The Morgan fingerprint density at radius 3 is 2.37 bits per heavy atom. The third-order valence-corrected chi connectivity index (χ3v) is 5.23. The molecule has 0 aliphatic heterocycles. The Morgan fingerprint density at radius 2 is 1.76 bits per heavy atom. The number of anilines is 4. The van der Waals surface area contributed by atoms with Gasteiger partial charge in [-0.05, 0) is 51.5 Å². The zero-order valence-corrected chi connectivity index (χ0v) is 22.1. The monoisotopic (exact) mass is 531 g/mol. The average molecular weight is 532 g/mol. The van der Waals surface area contributed by atoms with Crippen molar-refractivity contribution in [3.8, 4) is 0 Å². The molecule has 9 nitrogen and oxygen atoms in total. The highest BCUT2D eigenvalue weighted by Gasteiger charge is 2.35. The molecule has 2 heterocycles. The molecule has 38 heavy (non-hydrogen) atoms. The Labute approximate surface area is 219 Å². The lowest BCUT2D eigenvalue weighted by atomic mass is 10.1. The molecule has 2 aromatic heterocycles. The maximum Gasteiger partial charge on any atom is 0.421 e. The Hall–Kier alpha value is -4.09. The van der Waals surface area contributed by atoms with Gasteiger partial charge >= 0.3 is 12.3 Å². The highest BCUT2D eigenvalue weighted by Crippen LogP contribution is 2.34. The van der Waals surface area contributed by atoms with Crippen molar-refractivity contribution in [2.24, 2.45) is 0 Å². The number of hydrogen-bond donors (Lipinski definition) is 3. The zero-order valence-electron chi connectivity index (χ0n) is 22.1. The number of carbonyl (C=O) groups is 1. The van der Waals surface area contributed by atoms with Crippen molar-refractivity contribution in [1.29, 1.82) is 0 Å². The van der Waals surface area contributed by atoms with E-state index in [1.165, 1.54) is 0 Å². The van der Waals surface area contributed by atoms with E-state index in [1.807, 2.05) is 6.92 Å². The molecule has 3 aromatic rings. The van der Waals surface area contributed by atoms with Crippen molar-refractivity contribution in [1.82, 2.24) is 20.3 Å². The van der Waals surface area contributed by atoms with Crippen LogP contribution >= 0.6 is 0 Å². The number of amides is 1. The molecule has 0 saturated heterocycles. The Balaban J connectivity index is 1.74. The van der Waals surface area contributed by atoms with E-state index in [0.717, 1.165) is 11.8 Å². The largest absolute Gasteiger partial charge is 0.444 e. The molecule has 1 aromatic carbocycles. The molecule has 0 aliphatic rings. The summed E-state index contributed by atoms with van der Waals surface area (Å²) in [6, 6.07) is 10.2. The minimum atomic E-state index is -4.64. The molecular weight excluding hydrogens is 499 g/mol. The Bertz CT molecular complexity index is 1240. The smallest absolute Gasteiger partial charge is 0.421 e. The van der Waals surface area contributed by atoms with Crippen LogP contribution in [0.3, 0.4) is 0 Å². The first-order valence-electron chi connectivity index (χ1n) is 11.9. The van der Waals surface area contributed by atoms with Crippen LogP contribution in [0.1, 0.15) is 50.4 Å². The van der Waals surface area contributed by atoms with Gasteiger partial charge in [-0.3, -0.25) is 0 Å². The number of alkyl carbamates (subject to hydrolysis) is 1. The number of halogens is 3. The summed E-state index contributed by atoms with van der Waals surface area (Å²) in [6.07, 6.45) is -2.81. The lowest BCUT2D eigenvalue weighted by molar-refractivity contribution is -0.137. The SMILES string of the molecule is C[C@@H](NC(=O)OC(C)(C)C)c1ccc(Nc2ncc(C(F)(F)F)c(NCc3cccnc3N(C)C)n2)cc1. The summed E-state index contributed by atoms with van der Waals surface area (Å²) in [4.78, 5) is 26.0. The molecule has 0 bridgehead atoms. The van der Waals surface area contributed by atoms with Crippen molar-refractivity contribution >= 4 is 29.4 Å². The van der Waals surface area contributed by atoms with E-state index in [-0.39, 0.29) is 24.4 Å². The van der Waals surface area contributed by atoms with Crippen LogP contribution in [-0.4, -0.2) is 40.7 Å². The summed E-state index contributed by atoms with van der Waals surface area (Å²) in [7, 11) is 3.61. The summed E-state index contributed by atoms with van der Waals surface area (Å²) >= 11 is 0. The number of alkyl halides is 3. The number of nitrogens with zero attached hydrogens (tertiary/aromatic N) is 4. The quantitative estimate of drug-likeness (QED) is 0.330. The van der Waals surface area contributed by atoms with Crippen LogP contribution in [0.25, 0.3) is 0 Å². The lowest BCUT2D eigenvalue weighted by Gasteiger charge is -2.22. The minimum Gasteiger partial charge on any atom is -0.444 e. The van der Waals surface area contributed by atoms with Crippen molar-refractivity contribution in [3.05, 3.63) is 65.5 Å². The third-order valence-electron chi connectivity index (χ3n) is 5.23. The maximum absolute atomic E-state index is 13.6. The van der Waals surface area contributed by atoms with E-state index in [4.69, 9.17) is 4.74 Å². The Kier molecular flexibility index (Phi) is 8.64. The van der Waals surface area contributed by atoms with E-state index >= 15 is 0 Å². The predicted molar refractivity (Wildman–Crippen MR) is 140 cm³/mol. The Morgan fingerprint density at radius 1 is 1.08 bits per heavy atom. The van der Waals surface area contributed by atoms with Gasteiger partial charge in [0.25, 0.3) is 0 Å². The second-order valence-corrected chi connectivity index (χ2v) is 9.80. The average Bonchev–Trinajstić information content (AvgIpc) is 2.81. The molecule has 0 radical (unpaired) electrons. The molecule has 0 fully saturated rings. The molecule has 12 heteroatoms. The van der Waals surface area contributed by atoms with Crippen LogP contribution < -0.4 is 20.9 Å². The molecule has 3 N–H and O–H groups in total. The normalized spacial score (nSPS) is 12.4. The van der Waals surface area contributed by atoms with Crippen LogP contribution in [0.2, 0.25) is 0 Å². The van der Waals surface area contributed by atoms with E-state index in [0.29, 0.717) is 17.1 Å². The van der Waals surface area contributed by atoms with Gasteiger partial charge in [-0.1, -0.05) is 18.2 Å². The number of pyridine rings is 1. The lowest BCUT2D eigenvalue weighted by Crippen LogP contribution is -2.34. The summed E-state index contributed by atoms with van der Waals surface area (Å²) < 4.78 is 46.2. The topological polar surface area (TPSA) is 104 Å². The van der Waals surface area contributed by atoms with Gasteiger partial charge in [0.05, 0.1) is 6.04 Å². The molecule has 204 valence electrons. The van der Waals surface area contributed by atoms with E-state index in [9.17, 15) is 18.0 Å². The number of hydrogen-bond acceptors (Lipinski definition) is 8. The number of ether oxygens (including phenoxy) is 1. The first-order chi connectivity index (χ1) is 17.7. The standard InChI is InChI=1S/C26H32F3N7O2/c1-16(33-24(37)38-25(2,3)4)17-9-11-19(12-10-17)34-23-32-15-20(26(27,28)29)21(35-23)31-14-18-8-7-13-30-22(18)36(5)6/h7-13,15-16H,14H2,1-6H3,(H,33,37)(H2,31,32,34,35)/t16-/m1/s1. The second kappa shape index (κ2) is 11.5. The molecular formula is C26H32F3N7O2. The van der Waals surface area contributed by atoms with Gasteiger partial charge in [-0.2, -0.15) is 18.2 Å². The van der Waals surface area contributed by atoms with Crippen LogP contribution in [0, 0.1) is 0 Å². The third kappa shape index (κ3) is 7.95. The summed E-state index contributed by atoms with van der Waals surface area (Å²) in [5.41, 5.74) is 0.495. The fourth-order valence-corrected chi connectivity index (χ4v) is 3.49. The first-order valence-corrected chi connectivity index (χ1v) is 11.9. The van der Waals surface area contributed by atoms with Crippen LogP contribution in [0.4, 0.5) is 41.2 Å². The molecule has 0 unspecified atom stereocenters. The van der Waals surface area contributed by atoms with Crippen LogP contribution in [0.5, 0.6) is 0 Å². The molecule has 1 amide bonds. The predicted octanol–water partition coefficient (Wildman–Crippen LogP) is 5.90. The fraction of sp³-hybridized carbons (Fsp3) is 0.385. The molecule has 0 spiro atoms. The van der Waals surface area contributed by atoms with Crippen molar-refractivity contribution < 1.29 is 22.7 Å². The highest BCUT2D eigenvalue weighted by atomic mass is 19.4. The van der Waals surface area contributed by atoms with E-state index < -0.39 is 23.4 Å². The number of carbonyl (C=O) groups excluding carboxylic acids is 1. The molecule has 3 rings (SSSR count). The highest BCUT2D eigenvalue weighted by molar-refractivity contribution is 5.68. The van der Waals surface area contributed by atoms with E-state index in [1.54, 1.807) is 82.4 Å². The fourth-order valence-electron chi connectivity index (χ4n) is 3.49. The van der Waals surface area contributed by atoms with Crippen molar-refractivity contribution in [2.45, 2.75) is 52.1 Å². The zero-order chi connectivity index (χ0) is 28.1. The molecule has 1 atom stereocenters. The van der Waals surface area contributed by atoms with Crippen molar-refractivity contribution in [2.75, 3.05) is 29.6 Å². The van der Waals surface area contributed by atoms with E-state index in [2.05, 4.69) is 30.9 Å². The first kappa shape index (κ1) is 28.5. The molecule has 0 saturated carbocycles. The van der Waals surface area contributed by atoms with Crippen LogP contribution in [-0.2, 0) is 17.5 Å².